The predicted molar refractivity (Wildman–Crippen MR) is 60.5 cm³/mol. The maximum absolute atomic E-state index is 5.54. The predicted octanol–water partition coefficient (Wildman–Crippen LogP) is 3.05. The number of hydrogen-bond donors (Lipinski definition) is 1. The van der Waals surface area contributed by atoms with E-state index in [0.29, 0.717) is 0 Å². The molecule has 0 atom stereocenters. The molecule has 0 aromatic heterocycles. The van der Waals surface area contributed by atoms with Crippen LogP contribution in [0.15, 0.2) is 37.0 Å². The van der Waals surface area contributed by atoms with Gasteiger partial charge >= 0.3 is 0 Å². The Hall–Kier alpha value is -0.820. The fourth-order valence-corrected chi connectivity index (χ4v) is 1.38. The average molecular weight is 179 g/mol. The normalized spacial score (nSPS) is 12.7. The van der Waals surface area contributed by atoms with Crippen molar-refractivity contribution >= 4 is 0 Å². The van der Waals surface area contributed by atoms with Gasteiger partial charge in [0, 0.05) is 0 Å². The van der Waals surface area contributed by atoms with Gasteiger partial charge in [0.15, 0.2) is 0 Å². The minimum atomic E-state index is 0.262. The number of nitrogens with two attached hydrogens (primary N) is 1. The van der Waals surface area contributed by atoms with Gasteiger partial charge in [-0.3, -0.25) is 0 Å². The molecule has 2 N–H and O–H groups in total. The molecular formula is C12H21N. The highest BCUT2D eigenvalue weighted by Gasteiger charge is 2.17. The molecule has 13 heavy (non-hydrogen) atoms. The molecule has 0 rings (SSSR count). The third kappa shape index (κ3) is 5.42. The lowest BCUT2D eigenvalue weighted by Gasteiger charge is -2.24. The Morgan fingerprint density at radius 2 is 2.00 bits per heavy atom. The summed E-state index contributed by atoms with van der Waals surface area (Å²) in [5, 5.41) is 0. The van der Waals surface area contributed by atoms with Crippen molar-refractivity contribution in [2.45, 2.75) is 26.7 Å². The van der Waals surface area contributed by atoms with Gasteiger partial charge in [-0.25, -0.2) is 0 Å². The highest BCUT2D eigenvalue weighted by Crippen LogP contribution is 2.28. The third-order valence-electron chi connectivity index (χ3n) is 2.10. The van der Waals surface area contributed by atoms with Crippen molar-refractivity contribution in [2.75, 3.05) is 6.54 Å². The van der Waals surface area contributed by atoms with Crippen LogP contribution < -0.4 is 5.73 Å². The number of rotatable bonds is 6. The van der Waals surface area contributed by atoms with Crippen molar-refractivity contribution in [2.24, 2.45) is 11.1 Å². The summed E-state index contributed by atoms with van der Waals surface area (Å²) in [5.41, 5.74) is 7.03. The van der Waals surface area contributed by atoms with Gasteiger partial charge < -0.3 is 5.73 Å². The lowest BCUT2D eigenvalue weighted by Crippen LogP contribution is -2.17. The molecule has 0 unspecified atom stereocenters. The van der Waals surface area contributed by atoms with E-state index in [0.717, 1.165) is 19.4 Å². The van der Waals surface area contributed by atoms with Crippen LogP contribution >= 0.6 is 0 Å². The molecule has 0 radical (unpaired) electrons. The van der Waals surface area contributed by atoms with Crippen LogP contribution in [-0.2, 0) is 0 Å². The maximum atomic E-state index is 5.54. The Bertz CT molecular complexity index is 199. The molecule has 0 aliphatic heterocycles. The topological polar surface area (TPSA) is 26.0 Å². The van der Waals surface area contributed by atoms with Crippen molar-refractivity contribution < 1.29 is 0 Å². The summed E-state index contributed by atoms with van der Waals surface area (Å²) >= 11 is 0. The van der Waals surface area contributed by atoms with E-state index < -0.39 is 0 Å². The standard InChI is InChI=1S/C12H21N/c1-5-7-11(6-2)10-12(3,4)8-9-13/h5-7H,1-2,8-10,13H2,3-4H3/b11-7+. The minimum Gasteiger partial charge on any atom is -0.330 e. The Morgan fingerprint density at radius 1 is 1.38 bits per heavy atom. The highest BCUT2D eigenvalue weighted by atomic mass is 14.5. The van der Waals surface area contributed by atoms with E-state index in [1.54, 1.807) is 6.08 Å². The molecule has 0 aliphatic carbocycles. The SMILES string of the molecule is C=C/C=C(\C=C)CC(C)(C)CCN. The van der Waals surface area contributed by atoms with E-state index in [2.05, 4.69) is 27.0 Å². The third-order valence-corrected chi connectivity index (χ3v) is 2.10. The van der Waals surface area contributed by atoms with Crippen LogP contribution in [0.4, 0.5) is 0 Å². The Kier molecular flexibility index (Phi) is 5.40. The molecule has 0 aliphatic rings. The fraction of sp³-hybridized carbons (Fsp3) is 0.500. The molecular weight excluding hydrogens is 158 g/mol. The molecule has 74 valence electrons. The summed E-state index contributed by atoms with van der Waals surface area (Å²) in [4.78, 5) is 0. The minimum absolute atomic E-state index is 0.262. The van der Waals surface area contributed by atoms with E-state index in [4.69, 9.17) is 5.73 Å². The van der Waals surface area contributed by atoms with Crippen molar-refractivity contribution in [3.8, 4) is 0 Å². The summed E-state index contributed by atoms with van der Waals surface area (Å²) in [6.45, 7) is 12.6. The van der Waals surface area contributed by atoms with Crippen LogP contribution in [0.2, 0.25) is 0 Å². The quantitative estimate of drug-likeness (QED) is 0.623. The van der Waals surface area contributed by atoms with Gasteiger partial charge in [-0.1, -0.05) is 45.2 Å². The van der Waals surface area contributed by atoms with Gasteiger partial charge in [0.25, 0.3) is 0 Å². The molecule has 0 amide bonds. The molecule has 0 bridgehead atoms. The summed E-state index contributed by atoms with van der Waals surface area (Å²) in [5.74, 6) is 0. The monoisotopic (exact) mass is 179 g/mol. The maximum Gasteiger partial charge on any atom is -0.00721 e. The molecule has 0 spiro atoms. The summed E-state index contributed by atoms with van der Waals surface area (Å²) in [7, 11) is 0. The van der Waals surface area contributed by atoms with Crippen LogP contribution in [0.1, 0.15) is 26.7 Å². The van der Waals surface area contributed by atoms with Crippen molar-refractivity contribution in [1.82, 2.24) is 0 Å². The van der Waals surface area contributed by atoms with E-state index in [1.807, 2.05) is 12.2 Å². The molecule has 0 fully saturated rings. The first-order valence-corrected chi connectivity index (χ1v) is 4.70. The summed E-state index contributed by atoms with van der Waals surface area (Å²) in [6, 6.07) is 0. The molecule has 0 aromatic rings. The van der Waals surface area contributed by atoms with Crippen molar-refractivity contribution in [3.63, 3.8) is 0 Å². The zero-order valence-electron chi connectivity index (χ0n) is 8.84. The fourth-order valence-electron chi connectivity index (χ4n) is 1.38. The van der Waals surface area contributed by atoms with Crippen molar-refractivity contribution in [3.05, 3.63) is 37.0 Å². The smallest absolute Gasteiger partial charge is 0.00721 e. The first-order chi connectivity index (χ1) is 6.05. The highest BCUT2D eigenvalue weighted by molar-refractivity contribution is 5.22. The molecule has 0 saturated carbocycles. The zero-order valence-corrected chi connectivity index (χ0v) is 8.84. The lowest BCUT2D eigenvalue weighted by molar-refractivity contribution is 0.340. The Balaban J connectivity index is 4.29. The van der Waals surface area contributed by atoms with Gasteiger partial charge in [-0.2, -0.15) is 0 Å². The van der Waals surface area contributed by atoms with Crippen LogP contribution in [0.5, 0.6) is 0 Å². The van der Waals surface area contributed by atoms with Gasteiger partial charge in [0.2, 0.25) is 0 Å². The van der Waals surface area contributed by atoms with E-state index >= 15 is 0 Å². The molecule has 1 nitrogen and oxygen atoms in total. The van der Waals surface area contributed by atoms with E-state index in [-0.39, 0.29) is 5.41 Å². The molecule has 1 heteroatoms. The molecule has 0 saturated heterocycles. The van der Waals surface area contributed by atoms with Gasteiger partial charge in [-0.15, -0.1) is 0 Å². The number of hydrogen-bond acceptors (Lipinski definition) is 1. The summed E-state index contributed by atoms with van der Waals surface area (Å²) < 4.78 is 0. The first-order valence-electron chi connectivity index (χ1n) is 4.70. The van der Waals surface area contributed by atoms with E-state index in [9.17, 15) is 0 Å². The Labute approximate surface area is 82.0 Å². The zero-order chi connectivity index (χ0) is 10.3. The average Bonchev–Trinajstić information content (AvgIpc) is 2.03. The molecule has 0 aromatic carbocycles. The van der Waals surface area contributed by atoms with E-state index in [1.165, 1.54) is 5.57 Å². The second kappa shape index (κ2) is 5.76. The summed E-state index contributed by atoms with van der Waals surface area (Å²) in [6.07, 6.45) is 7.75. The van der Waals surface area contributed by atoms with Gasteiger partial charge in [0.1, 0.15) is 0 Å². The number of allylic oxidation sites excluding steroid dienone is 4. The first kappa shape index (κ1) is 12.2. The second-order valence-corrected chi connectivity index (χ2v) is 4.06. The lowest BCUT2D eigenvalue weighted by atomic mass is 9.82. The largest absolute Gasteiger partial charge is 0.330 e. The van der Waals surface area contributed by atoms with Crippen molar-refractivity contribution in [1.29, 1.82) is 0 Å². The van der Waals surface area contributed by atoms with Crippen LogP contribution in [-0.4, -0.2) is 6.54 Å². The van der Waals surface area contributed by atoms with Gasteiger partial charge in [-0.05, 0) is 30.4 Å². The Morgan fingerprint density at radius 3 is 2.38 bits per heavy atom. The second-order valence-electron chi connectivity index (χ2n) is 4.06. The van der Waals surface area contributed by atoms with Gasteiger partial charge in [0.05, 0.1) is 0 Å². The molecule has 0 heterocycles. The van der Waals surface area contributed by atoms with Crippen LogP contribution in [0.25, 0.3) is 0 Å². The van der Waals surface area contributed by atoms with Crippen LogP contribution in [0.3, 0.4) is 0 Å². The van der Waals surface area contributed by atoms with Crippen LogP contribution in [0, 0.1) is 5.41 Å².